The molecule has 10 heteroatoms. The van der Waals surface area contributed by atoms with Gasteiger partial charge in [0.1, 0.15) is 12.7 Å². The van der Waals surface area contributed by atoms with Crippen LogP contribution in [0.4, 0.5) is 0 Å². The van der Waals surface area contributed by atoms with Gasteiger partial charge in [-0.2, -0.15) is 5.70 Å². The number of aromatic nitrogens is 2. The Morgan fingerprint density at radius 1 is 0.923 bits per heavy atom. The number of fused-ring (bicyclic) bond motifs is 8. The molecule has 3 aliphatic heterocycles. The van der Waals surface area contributed by atoms with E-state index in [2.05, 4.69) is 67.4 Å². The molecule has 4 aliphatic rings. The molecular formula is C55H74MgN4O5-2. The summed E-state index contributed by atoms with van der Waals surface area (Å²) in [4.78, 5) is 37.3. The predicted octanol–water partition coefficient (Wildman–Crippen LogP) is 9.88. The van der Waals surface area contributed by atoms with E-state index in [0.717, 1.165) is 75.5 Å². The summed E-state index contributed by atoms with van der Waals surface area (Å²) in [6.45, 7) is 22.0. The number of allylic oxidation sites excluding steroid dienone is 3. The van der Waals surface area contributed by atoms with Crippen LogP contribution in [0.1, 0.15) is 166 Å². The van der Waals surface area contributed by atoms with Crippen LogP contribution in [0.15, 0.2) is 40.3 Å². The zero-order valence-electron chi connectivity index (χ0n) is 41.4. The van der Waals surface area contributed by atoms with Gasteiger partial charge < -0.3 is 35.2 Å². The monoisotopic (exact) mass is 895 g/mol. The molecule has 0 aromatic carbocycles. The van der Waals surface area contributed by atoms with E-state index in [9.17, 15) is 14.7 Å². The number of hydrogen-bond acceptors (Lipinski definition) is 5. The summed E-state index contributed by atoms with van der Waals surface area (Å²) in [5.41, 5.74) is 9.22. The number of nitrogens with zero attached hydrogens (tertiary/aromatic N) is 4. The van der Waals surface area contributed by atoms with Gasteiger partial charge in [0.2, 0.25) is 0 Å². The number of aliphatic hydroxyl groups is 1. The molecular weight excluding hydrogens is 821 g/mol. The fourth-order valence-corrected chi connectivity index (χ4v) is 10.5. The van der Waals surface area contributed by atoms with Crippen molar-refractivity contribution in [2.75, 3.05) is 13.7 Å². The van der Waals surface area contributed by atoms with Crippen molar-refractivity contribution in [2.45, 2.75) is 164 Å². The maximum Gasteiger partial charge on any atom is 2.00 e. The Morgan fingerprint density at radius 2 is 1.60 bits per heavy atom. The van der Waals surface area contributed by atoms with Gasteiger partial charge in [-0.1, -0.05) is 150 Å². The Labute approximate surface area is 406 Å². The molecule has 0 radical (unpaired) electrons. The van der Waals surface area contributed by atoms with Crippen molar-refractivity contribution in [3.63, 3.8) is 0 Å². The zero-order valence-corrected chi connectivity index (χ0v) is 42.8. The minimum absolute atomic E-state index is 0. The van der Waals surface area contributed by atoms with Gasteiger partial charge in [-0.25, -0.2) is 4.79 Å². The maximum atomic E-state index is 13.6. The number of hydrogen-bond donors (Lipinski definition) is 1. The van der Waals surface area contributed by atoms with Crippen LogP contribution in [0, 0.1) is 61.7 Å². The van der Waals surface area contributed by atoms with Gasteiger partial charge in [-0.3, -0.25) is 4.79 Å². The van der Waals surface area contributed by atoms with E-state index >= 15 is 0 Å². The number of terminal acetylenes is 1. The fraction of sp³-hybridized carbons (Fsp3) is 0.600. The molecule has 2 unspecified atom stereocenters. The zero-order chi connectivity index (χ0) is 46.4. The van der Waals surface area contributed by atoms with Crippen LogP contribution in [0.3, 0.4) is 0 Å². The van der Waals surface area contributed by atoms with E-state index in [0.29, 0.717) is 34.9 Å². The number of carbonyl (C=O) groups is 2. The van der Waals surface area contributed by atoms with E-state index in [-0.39, 0.29) is 71.4 Å². The summed E-state index contributed by atoms with van der Waals surface area (Å²) < 4.78 is 11.1. The molecule has 0 spiro atoms. The first-order chi connectivity index (χ1) is 30.6. The average molecular weight is 896 g/mol. The second-order valence-electron chi connectivity index (χ2n) is 19.8. The number of esters is 2. The predicted molar refractivity (Wildman–Crippen MR) is 264 cm³/mol. The second kappa shape index (κ2) is 23.2. The van der Waals surface area contributed by atoms with Crippen molar-refractivity contribution >= 4 is 52.7 Å². The number of rotatable bonds is 19. The van der Waals surface area contributed by atoms with E-state index in [4.69, 9.17) is 36.5 Å². The van der Waals surface area contributed by atoms with Crippen LogP contribution < -0.4 is 20.7 Å². The first kappa shape index (κ1) is 52.1. The Morgan fingerprint density at radius 3 is 2.25 bits per heavy atom. The molecule has 9 nitrogen and oxygen atoms in total. The Kier molecular flexibility index (Phi) is 18.6. The summed E-state index contributed by atoms with van der Waals surface area (Å²) in [6, 6.07) is -0.891. The third kappa shape index (κ3) is 11.8. The number of methoxy groups -OCH3 is 1. The molecule has 1 saturated heterocycles. The van der Waals surface area contributed by atoms with Crippen LogP contribution in [-0.2, 0) is 25.5 Å². The standard InChI is InChI=1S/C55H75N4O5.Mg/c1-13-39-35(8)42-28-44-37(10)41(24-25-48(60)64-27-26-34(7)23-17-22-33(6)21-16-20-32(5)19-15-18-31(3)4)52(58-44)50-51(55(62)63-12)54(61)49-38(11)45(59-53(49)50)30-47-40(14-2)36(9)43(57-47)29-46(39)56-42;/h1,26,28-33,37,39,41,46,52,54,61H,14-25,27H2,2-12H3,(H-,57,59,62);/q-3;+2/p-1/b34-26+,43-29-,44-28-;/t32-,33+,37+,39+,41+,46?,52?,54+;/m1./s1. The molecule has 2 aromatic heterocycles. The first-order valence-electron chi connectivity index (χ1n) is 24.2. The summed E-state index contributed by atoms with van der Waals surface area (Å²) in [5.74, 6) is 3.81. The Hall–Kier alpha value is -3.91. The fourth-order valence-electron chi connectivity index (χ4n) is 10.5. The quantitative estimate of drug-likeness (QED) is 0.0644. The van der Waals surface area contributed by atoms with Crippen LogP contribution >= 0.6 is 0 Å². The minimum atomic E-state index is -1.25. The summed E-state index contributed by atoms with van der Waals surface area (Å²) in [5, 5.41) is 24.1. The summed E-state index contributed by atoms with van der Waals surface area (Å²) in [7, 11) is 1.32. The molecule has 8 bridgehead atoms. The van der Waals surface area contributed by atoms with Gasteiger partial charge in [0.15, 0.2) is 0 Å². The van der Waals surface area contributed by atoms with Gasteiger partial charge in [0, 0.05) is 12.3 Å². The van der Waals surface area contributed by atoms with Gasteiger partial charge >= 0.3 is 35.0 Å². The van der Waals surface area contributed by atoms with Crippen molar-refractivity contribution in [3.05, 3.63) is 95.2 Å². The van der Waals surface area contributed by atoms with Gasteiger partial charge in [0.05, 0.1) is 12.7 Å². The molecule has 348 valence electrons. The van der Waals surface area contributed by atoms with E-state index in [1.807, 2.05) is 32.1 Å². The van der Waals surface area contributed by atoms with Crippen LogP contribution in [0.25, 0.3) is 28.4 Å². The Balaban J connectivity index is 0.00000793. The van der Waals surface area contributed by atoms with E-state index < -0.39 is 18.1 Å². The average Bonchev–Trinajstić information content (AvgIpc) is 3.99. The van der Waals surface area contributed by atoms with Crippen LogP contribution in [0.5, 0.6) is 0 Å². The SMILES string of the molecule is C#C[C@H]1C(C)=C2/C=C3\[N-]C(C4=C(C(=O)OC)[C@@H](O)c5c4[n-]c(c5C)/C=c4\[n-]/c(c(C)c4CC)=C\C1[N-]2)[C@@H](CCC(=O)OC/C=C(\C)CCC[C@@H](C)CCC[C@H](C)CCCC(C)C)[C@@H]3C.[Mg+2]. The summed E-state index contributed by atoms with van der Waals surface area (Å²) >= 11 is 0. The second-order valence-corrected chi connectivity index (χ2v) is 19.8. The Bertz CT molecular complexity index is 2330. The largest absolute Gasteiger partial charge is 2.00 e. The molecule has 0 saturated carbocycles. The van der Waals surface area contributed by atoms with Crippen molar-refractivity contribution < 1.29 is 24.2 Å². The van der Waals surface area contributed by atoms with Crippen molar-refractivity contribution in [3.8, 4) is 12.3 Å². The minimum Gasteiger partial charge on any atom is -0.681 e. The molecule has 1 fully saturated rings. The van der Waals surface area contributed by atoms with Gasteiger partial charge in [0.25, 0.3) is 0 Å². The van der Waals surface area contributed by atoms with Crippen molar-refractivity contribution in [1.82, 2.24) is 9.97 Å². The molecule has 65 heavy (non-hydrogen) atoms. The topological polar surface area (TPSA) is 129 Å². The van der Waals surface area contributed by atoms with Gasteiger partial charge in [-0.05, 0) is 94.6 Å². The third-order valence-electron chi connectivity index (χ3n) is 14.7. The van der Waals surface area contributed by atoms with Crippen molar-refractivity contribution in [1.29, 1.82) is 0 Å². The van der Waals surface area contributed by atoms with Crippen molar-refractivity contribution in [2.24, 2.45) is 35.5 Å². The van der Waals surface area contributed by atoms with Gasteiger partial charge in [-0.15, -0.1) is 40.3 Å². The third-order valence-corrected chi connectivity index (χ3v) is 14.7. The smallest absolute Gasteiger partial charge is 0.681 e. The van der Waals surface area contributed by atoms with Crippen LogP contribution in [-0.4, -0.2) is 65.9 Å². The molecule has 1 N–H and O–H groups in total. The maximum absolute atomic E-state index is 13.6. The van der Waals surface area contributed by atoms with Crippen LogP contribution in [0.2, 0.25) is 0 Å². The number of carbonyl (C=O) groups excluding carboxylic acids is 2. The summed E-state index contributed by atoms with van der Waals surface area (Å²) in [6.07, 6.45) is 25.7. The molecule has 2 aromatic rings. The number of ether oxygens (including phenoxy) is 2. The molecule has 1 aliphatic carbocycles. The normalized spacial score (nSPS) is 25.0. The molecule has 6 rings (SSSR count). The molecule has 5 heterocycles. The number of aliphatic hydroxyl groups excluding tert-OH is 1. The molecule has 8 atom stereocenters. The van der Waals surface area contributed by atoms with E-state index in [1.165, 1.54) is 57.6 Å². The first-order valence-corrected chi connectivity index (χ1v) is 24.2. The van der Waals surface area contributed by atoms with E-state index in [1.54, 1.807) is 0 Å². The molecule has 0 amide bonds.